The number of carbonyl (C=O) groups excluding carboxylic acids is 2. The molecule has 0 radical (unpaired) electrons. The first kappa shape index (κ1) is 18.1. The molecule has 0 saturated heterocycles. The predicted octanol–water partition coefficient (Wildman–Crippen LogP) is 3.18. The molecule has 25 heavy (non-hydrogen) atoms. The number of nitro groups is 1. The minimum absolute atomic E-state index is 0.0813. The predicted molar refractivity (Wildman–Crippen MR) is 90.9 cm³/mol. The van der Waals surface area contributed by atoms with Crippen LogP contribution in [0.4, 0.5) is 10.7 Å². The summed E-state index contributed by atoms with van der Waals surface area (Å²) in [6, 6.07) is 5.31. The minimum Gasteiger partial charge on any atom is -0.465 e. The normalized spacial score (nSPS) is 10.0. The number of aryl methyl sites for hydroxylation is 1. The Kier molecular flexibility index (Phi) is 5.14. The molecule has 1 aromatic carbocycles. The Hall–Kier alpha value is -3.25. The van der Waals surface area contributed by atoms with Crippen molar-refractivity contribution in [2.45, 2.75) is 13.8 Å². The monoisotopic (exact) mass is 359 g/mol. The van der Waals surface area contributed by atoms with E-state index in [4.69, 9.17) is 0 Å². The molecule has 0 atom stereocenters. The SMILES string of the molecule is COC(=O)c1cc(C(=O)Nc2sc(C)c(C)c2C#N)cc([N+](=O)[O-])c1. The lowest BCUT2D eigenvalue weighted by atomic mass is 10.1. The van der Waals surface area contributed by atoms with Gasteiger partial charge in [0.25, 0.3) is 11.6 Å². The average molecular weight is 359 g/mol. The molecule has 1 heterocycles. The highest BCUT2D eigenvalue weighted by molar-refractivity contribution is 7.16. The smallest absolute Gasteiger partial charge is 0.338 e. The number of benzene rings is 1. The molecule has 2 aromatic rings. The lowest BCUT2D eigenvalue weighted by molar-refractivity contribution is -0.384. The molecule has 2 rings (SSSR count). The molecule has 0 unspecified atom stereocenters. The molecule has 0 aliphatic heterocycles. The maximum absolute atomic E-state index is 12.5. The van der Waals surface area contributed by atoms with E-state index in [1.807, 2.05) is 13.0 Å². The van der Waals surface area contributed by atoms with E-state index in [1.54, 1.807) is 6.92 Å². The van der Waals surface area contributed by atoms with E-state index in [0.29, 0.717) is 10.6 Å². The number of hydrogen-bond acceptors (Lipinski definition) is 7. The summed E-state index contributed by atoms with van der Waals surface area (Å²) in [4.78, 5) is 35.3. The molecular weight excluding hydrogens is 346 g/mol. The molecule has 9 heteroatoms. The fourth-order valence-corrected chi connectivity index (χ4v) is 3.11. The Morgan fingerprint density at radius 3 is 2.48 bits per heavy atom. The van der Waals surface area contributed by atoms with Gasteiger partial charge in [0.15, 0.2) is 0 Å². The lowest BCUT2D eigenvalue weighted by Gasteiger charge is -2.06. The van der Waals surface area contributed by atoms with Crippen LogP contribution in [0.2, 0.25) is 0 Å². The van der Waals surface area contributed by atoms with Crippen molar-refractivity contribution in [3.63, 3.8) is 0 Å². The van der Waals surface area contributed by atoms with Gasteiger partial charge in [-0.2, -0.15) is 5.26 Å². The number of ether oxygens (including phenoxy) is 1. The van der Waals surface area contributed by atoms with Gasteiger partial charge in [-0.3, -0.25) is 14.9 Å². The highest BCUT2D eigenvalue weighted by atomic mass is 32.1. The summed E-state index contributed by atoms with van der Waals surface area (Å²) in [5.41, 5.74) is 0.502. The summed E-state index contributed by atoms with van der Waals surface area (Å²) in [5, 5.41) is 23.2. The number of non-ortho nitro benzene ring substituents is 1. The van der Waals surface area contributed by atoms with E-state index >= 15 is 0 Å². The Balaban J connectivity index is 2.44. The number of thiophene rings is 1. The van der Waals surface area contributed by atoms with Crippen molar-refractivity contribution in [1.29, 1.82) is 5.26 Å². The van der Waals surface area contributed by atoms with Crippen LogP contribution in [0.15, 0.2) is 18.2 Å². The second-order valence-electron chi connectivity index (χ2n) is 5.07. The minimum atomic E-state index is -0.793. The third-order valence-corrected chi connectivity index (χ3v) is 4.66. The fourth-order valence-electron chi connectivity index (χ4n) is 2.11. The number of esters is 1. The number of carbonyl (C=O) groups is 2. The van der Waals surface area contributed by atoms with Gasteiger partial charge in [-0.25, -0.2) is 4.79 Å². The summed E-state index contributed by atoms with van der Waals surface area (Å²) >= 11 is 1.23. The van der Waals surface area contributed by atoms with Gasteiger partial charge >= 0.3 is 5.97 Å². The number of amides is 1. The van der Waals surface area contributed by atoms with Crippen molar-refractivity contribution in [3.8, 4) is 6.07 Å². The van der Waals surface area contributed by atoms with Crippen molar-refractivity contribution in [2.75, 3.05) is 12.4 Å². The van der Waals surface area contributed by atoms with Gasteiger partial charge in [0.1, 0.15) is 11.1 Å². The zero-order valence-electron chi connectivity index (χ0n) is 13.6. The first-order valence-corrected chi connectivity index (χ1v) is 7.79. The third-order valence-electron chi connectivity index (χ3n) is 3.54. The number of nitrogens with one attached hydrogen (secondary N) is 1. The maximum Gasteiger partial charge on any atom is 0.338 e. The first-order valence-electron chi connectivity index (χ1n) is 6.97. The Bertz CT molecular complexity index is 927. The zero-order chi connectivity index (χ0) is 18.7. The van der Waals surface area contributed by atoms with Gasteiger partial charge in [-0.1, -0.05) is 0 Å². The van der Waals surface area contributed by atoms with Gasteiger partial charge in [0, 0.05) is 22.6 Å². The summed E-state index contributed by atoms with van der Waals surface area (Å²) in [6.45, 7) is 3.59. The molecule has 0 bridgehead atoms. The first-order chi connectivity index (χ1) is 11.8. The van der Waals surface area contributed by atoms with Crippen LogP contribution in [0, 0.1) is 35.3 Å². The molecule has 0 aliphatic rings. The number of nitrogens with zero attached hydrogens (tertiary/aromatic N) is 2. The van der Waals surface area contributed by atoms with Crippen molar-refractivity contribution in [1.82, 2.24) is 0 Å². The van der Waals surface area contributed by atoms with Crippen molar-refractivity contribution < 1.29 is 19.2 Å². The molecule has 0 aliphatic carbocycles. The molecular formula is C16H13N3O5S. The van der Waals surface area contributed by atoms with Gasteiger partial charge in [0.2, 0.25) is 0 Å². The summed E-state index contributed by atoms with van der Waals surface area (Å²) in [7, 11) is 1.14. The second kappa shape index (κ2) is 7.11. The van der Waals surface area contributed by atoms with Crippen molar-refractivity contribution in [2.24, 2.45) is 0 Å². The third kappa shape index (κ3) is 3.64. The van der Waals surface area contributed by atoms with E-state index in [0.717, 1.165) is 29.7 Å². The average Bonchev–Trinajstić information content (AvgIpc) is 2.86. The van der Waals surface area contributed by atoms with Crippen LogP contribution < -0.4 is 5.32 Å². The number of nitro benzene ring substituents is 1. The van der Waals surface area contributed by atoms with E-state index in [2.05, 4.69) is 10.1 Å². The van der Waals surface area contributed by atoms with Gasteiger partial charge in [-0.05, 0) is 25.5 Å². The summed E-state index contributed by atoms with van der Waals surface area (Å²) in [5.74, 6) is -1.45. The molecule has 128 valence electrons. The molecule has 1 aromatic heterocycles. The maximum atomic E-state index is 12.5. The standard InChI is InChI=1S/C16H13N3O5S/c1-8-9(2)25-15(13(8)7-17)18-14(20)10-4-11(16(21)24-3)6-12(5-10)19(22)23/h4-6H,1-3H3,(H,18,20). The Morgan fingerprint density at radius 2 is 1.92 bits per heavy atom. The van der Waals surface area contributed by atoms with Crippen molar-refractivity contribution in [3.05, 3.63) is 55.4 Å². The number of anilines is 1. The molecule has 0 saturated carbocycles. The molecule has 0 fully saturated rings. The van der Waals surface area contributed by atoms with Crippen LogP contribution in [0.3, 0.4) is 0 Å². The van der Waals surface area contributed by atoms with Gasteiger partial charge in [-0.15, -0.1) is 11.3 Å². The van der Waals surface area contributed by atoms with Crippen LogP contribution in [-0.4, -0.2) is 23.9 Å². The second-order valence-corrected chi connectivity index (χ2v) is 6.30. The molecule has 8 nitrogen and oxygen atoms in total. The van der Waals surface area contributed by atoms with E-state index < -0.39 is 22.5 Å². The van der Waals surface area contributed by atoms with Crippen LogP contribution in [0.5, 0.6) is 0 Å². The number of rotatable bonds is 4. The number of nitriles is 1. The summed E-state index contributed by atoms with van der Waals surface area (Å²) in [6.07, 6.45) is 0. The largest absolute Gasteiger partial charge is 0.465 e. The van der Waals surface area contributed by atoms with Gasteiger partial charge in [0.05, 0.1) is 23.2 Å². The van der Waals surface area contributed by atoms with E-state index in [-0.39, 0.29) is 11.1 Å². The highest BCUT2D eigenvalue weighted by Gasteiger charge is 2.20. The zero-order valence-corrected chi connectivity index (χ0v) is 14.4. The molecule has 0 spiro atoms. The molecule has 1 amide bonds. The Morgan fingerprint density at radius 1 is 1.28 bits per heavy atom. The highest BCUT2D eigenvalue weighted by Crippen LogP contribution is 2.32. The topological polar surface area (TPSA) is 122 Å². The van der Waals surface area contributed by atoms with Crippen LogP contribution in [0.1, 0.15) is 36.7 Å². The molecule has 1 N–H and O–H groups in total. The van der Waals surface area contributed by atoms with Crippen LogP contribution in [-0.2, 0) is 4.74 Å². The van der Waals surface area contributed by atoms with Crippen molar-refractivity contribution >= 4 is 33.9 Å². The number of hydrogen-bond donors (Lipinski definition) is 1. The van der Waals surface area contributed by atoms with E-state index in [1.165, 1.54) is 17.4 Å². The van der Waals surface area contributed by atoms with Crippen LogP contribution in [0.25, 0.3) is 0 Å². The van der Waals surface area contributed by atoms with Crippen LogP contribution >= 0.6 is 11.3 Å². The summed E-state index contributed by atoms with van der Waals surface area (Å²) < 4.78 is 4.55. The lowest BCUT2D eigenvalue weighted by Crippen LogP contribution is -2.14. The van der Waals surface area contributed by atoms with Gasteiger partial charge < -0.3 is 10.1 Å². The fraction of sp³-hybridized carbons (Fsp3) is 0.188. The quantitative estimate of drug-likeness (QED) is 0.508. The van der Waals surface area contributed by atoms with E-state index in [9.17, 15) is 25.0 Å². The number of methoxy groups -OCH3 is 1. The Labute approximate surface area is 146 Å².